The molecule has 1 N–H and O–H groups in total. The van der Waals surface area contributed by atoms with E-state index in [4.69, 9.17) is 4.74 Å². The normalized spacial score (nSPS) is 19.1. The molecule has 0 radical (unpaired) electrons. The number of anilines is 2. The maximum absolute atomic E-state index is 6.28. The summed E-state index contributed by atoms with van der Waals surface area (Å²) in [4.78, 5) is 10.9. The van der Waals surface area contributed by atoms with Crippen molar-refractivity contribution in [1.82, 2.24) is 34.3 Å². The molecule has 9 heteroatoms. The van der Waals surface area contributed by atoms with Crippen molar-refractivity contribution in [2.24, 2.45) is 13.0 Å². The molecule has 0 amide bonds. The molecule has 4 aromatic heterocycles. The van der Waals surface area contributed by atoms with Gasteiger partial charge >= 0.3 is 0 Å². The Morgan fingerprint density at radius 1 is 1.12 bits per heavy atom. The molecule has 0 aliphatic carbocycles. The number of hydrogen-bond acceptors (Lipinski definition) is 7. The first-order valence-electron chi connectivity index (χ1n) is 10.8. The van der Waals surface area contributed by atoms with Gasteiger partial charge in [-0.25, -0.2) is 9.50 Å². The van der Waals surface area contributed by atoms with E-state index in [2.05, 4.69) is 56.5 Å². The van der Waals surface area contributed by atoms with Gasteiger partial charge < -0.3 is 15.0 Å². The van der Waals surface area contributed by atoms with Crippen molar-refractivity contribution in [3.05, 3.63) is 54.2 Å². The number of aryl methyl sites for hydroxylation is 2. The van der Waals surface area contributed by atoms with Gasteiger partial charge in [0.25, 0.3) is 0 Å². The Morgan fingerprint density at radius 2 is 2.00 bits per heavy atom. The average molecular weight is 433 g/mol. The van der Waals surface area contributed by atoms with Crippen LogP contribution >= 0.6 is 0 Å². The lowest BCUT2D eigenvalue weighted by molar-refractivity contribution is 0.0273. The number of nitrogens with zero attached hydrogens (tertiary/aromatic N) is 7. The van der Waals surface area contributed by atoms with Gasteiger partial charge in [-0.2, -0.15) is 10.2 Å². The summed E-state index contributed by atoms with van der Waals surface area (Å²) in [5, 5.41) is 12.3. The van der Waals surface area contributed by atoms with E-state index in [-0.39, 0.29) is 6.10 Å². The Hall–Kier alpha value is -3.30. The van der Waals surface area contributed by atoms with Crippen molar-refractivity contribution < 1.29 is 4.74 Å². The van der Waals surface area contributed by atoms with Crippen molar-refractivity contribution in [3.63, 3.8) is 0 Å². The van der Waals surface area contributed by atoms with E-state index >= 15 is 0 Å². The fourth-order valence-corrected chi connectivity index (χ4v) is 4.40. The van der Waals surface area contributed by atoms with Crippen LogP contribution in [0.3, 0.4) is 0 Å². The SMILES string of the molecule is Cc1cncc(Nc2cc3cc(-c4c(CO[C@@H]5CN(C)C[C@H]5C)cnn4C)ccn3n2)n1. The highest BCUT2D eigenvalue weighted by Crippen LogP contribution is 2.28. The van der Waals surface area contributed by atoms with Crippen LogP contribution in [-0.2, 0) is 18.4 Å². The summed E-state index contributed by atoms with van der Waals surface area (Å²) in [6, 6.07) is 6.17. The van der Waals surface area contributed by atoms with E-state index in [1.807, 2.05) is 41.6 Å². The molecular formula is C23H28N8O. The minimum atomic E-state index is 0.253. The van der Waals surface area contributed by atoms with E-state index in [1.54, 1.807) is 12.4 Å². The van der Waals surface area contributed by atoms with E-state index in [0.717, 1.165) is 46.9 Å². The molecule has 1 aliphatic heterocycles. The monoisotopic (exact) mass is 432 g/mol. The standard InChI is InChI=1S/C23H28N8O/c1-15-12-29(3)13-20(15)32-14-18-10-25-30(4)23(18)17-5-6-31-19(7-17)8-21(28-31)27-22-11-24-9-16(2)26-22/h5-11,15,20H,12-14H2,1-4H3,(H,26,27,28)/t15-,20-/m1/s1. The average Bonchev–Trinajstić information content (AvgIpc) is 3.41. The summed E-state index contributed by atoms with van der Waals surface area (Å²) < 4.78 is 10.0. The molecular weight excluding hydrogens is 404 g/mol. The molecule has 4 aromatic rings. The first kappa shape index (κ1) is 20.6. The third-order valence-electron chi connectivity index (χ3n) is 5.94. The summed E-state index contributed by atoms with van der Waals surface area (Å²) in [7, 11) is 4.11. The number of hydrogen-bond donors (Lipinski definition) is 1. The van der Waals surface area contributed by atoms with Gasteiger partial charge in [-0.3, -0.25) is 9.67 Å². The molecule has 0 saturated carbocycles. The van der Waals surface area contributed by atoms with Crippen LogP contribution in [-0.4, -0.2) is 60.5 Å². The summed E-state index contributed by atoms with van der Waals surface area (Å²) in [5.41, 5.74) is 5.06. The van der Waals surface area contributed by atoms with Crippen molar-refractivity contribution in [2.75, 3.05) is 25.5 Å². The minimum absolute atomic E-state index is 0.253. The summed E-state index contributed by atoms with van der Waals surface area (Å²) in [5.74, 6) is 1.92. The molecule has 5 heterocycles. The second kappa shape index (κ2) is 8.33. The van der Waals surface area contributed by atoms with Crippen molar-refractivity contribution >= 4 is 17.2 Å². The van der Waals surface area contributed by atoms with Crippen LogP contribution in [0.15, 0.2) is 43.0 Å². The van der Waals surface area contributed by atoms with Gasteiger partial charge in [-0.15, -0.1) is 0 Å². The molecule has 0 spiro atoms. The number of ether oxygens (including phenoxy) is 1. The highest BCUT2D eigenvalue weighted by atomic mass is 16.5. The predicted molar refractivity (Wildman–Crippen MR) is 123 cm³/mol. The lowest BCUT2D eigenvalue weighted by Gasteiger charge is -2.16. The van der Waals surface area contributed by atoms with Gasteiger partial charge in [-0.05, 0) is 32.0 Å². The molecule has 2 atom stereocenters. The zero-order valence-corrected chi connectivity index (χ0v) is 18.9. The molecule has 166 valence electrons. The van der Waals surface area contributed by atoms with E-state index < -0.39 is 0 Å². The number of pyridine rings is 1. The number of likely N-dealkylation sites (N-methyl/N-ethyl adjacent to an activating group) is 1. The van der Waals surface area contributed by atoms with E-state index in [0.29, 0.717) is 18.3 Å². The van der Waals surface area contributed by atoms with Gasteiger partial charge in [0.05, 0.1) is 42.0 Å². The van der Waals surface area contributed by atoms with Gasteiger partial charge in [-0.1, -0.05) is 6.92 Å². The van der Waals surface area contributed by atoms with Crippen molar-refractivity contribution in [1.29, 1.82) is 0 Å². The topological polar surface area (TPSA) is 85.4 Å². The Kier molecular flexibility index (Phi) is 5.36. The second-order valence-corrected chi connectivity index (χ2v) is 8.68. The lowest BCUT2D eigenvalue weighted by Crippen LogP contribution is -2.21. The van der Waals surface area contributed by atoms with Gasteiger partial charge in [0.1, 0.15) is 5.82 Å². The van der Waals surface area contributed by atoms with Gasteiger partial charge in [0.15, 0.2) is 5.82 Å². The number of rotatable bonds is 6. The number of fused-ring (bicyclic) bond motifs is 1. The largest absolute Gasteiger partial charge is 0.372 e. The van der Waals surface area contributed by atoms with Crippen LogP contribution in [0, 0.1) is 12.8 Å². The highest BCUT2D eigenvalue weighted by Gasteiger charge is 2.28. The zero-order chi connectivity index (χ0) is 22.2. The Labute approximate surface area is 187 Å². The van der Waals surface area contributed by atoms with Crippen LogP contribution < -0.4 is 5.32 Å². The smallest absolute Gasteiger partial charge is 0.154 e. The Bertz CT molecular complexity index is 1250. The van der Waals surface area contributed by atoms with Crippen LogP contribution in [0.5, 0.6) is 0 Å². The fraction of sp³-hybridized carbons (Fsp3) is 0.391. The second-order valence-electron chi connectivity index (χ2n) is 8.68. The molecule has 1 fully saturated rings. The molecule has 9 nitrogen and oxygen atoms in total. The summed E-state index contributed by atoms with van der Waals surface area (Å²) in [6.07, 6.45) is 7.53. The summed E-state index contributed by atoms with van der Waals surface area (Å²) in [6.45, 7) is 6.76. The van der Waals surface area contributed by atoms with Crippen LogP contribution in [0.1, 0.15) is 18.2 Å². The zero-order valence-electron chi connectivity index (χ0n) is 18.9. The molecule has 0 bridgehead atoms. The van der Waals surface area contributed by atoms with E-state index in [9.17, 15) is 0 Å². The number of nitrogens with one attached hydrogen (secondary N) is 1. The highest BCUT2D eigenvalue weighted by molar-refractivity contribution is 5.71. The number of likely N-dealkylation sites (tertiary alicyclic amines) is 1. The van der Waals surface area contributed by atoms with Crippen LogP contribution in [0.25, 0.3) is 16.8 Å². The van der Waals surface area contributed by atoms with Gasteiger partial charge in [0.2, 0.25) is 0 Å². The van der Waals surface area contributed by atoms with Crippen molar-refractivity contribution in [2.45, 2.75) is 26.6 Å². The first-order valence-corrected chi connectivity index (χ1v) is 10.8. The third kappa shape index (κ3) is 4.09. The molecule has 0 aromatic carbocycles. The third-order valence-corrected chi connectivity index (χ3v) is 5.94. The fourth-order valence-electron chi connectivity index (χ4n) is 4.40. The van der Waals surface area contributed by atoms with Crippen molar-refractivity contribution in [3.8, 4) is 11.3 Å². The van der Waals surface area contributed by atoms with E-state index in [1.165, 1.54) is 0 Å². The molecule has 0 unspecified atom stereocenters. The predicted octanol–water partition coefficient (Wildman–Crippen LogP) is 3.04. The quantitative estimate of drug-likeness (QED) is 0.501. The van der Waals surface area contributed by atoms with Crippen LogP contribution in [0.2, 0.25) is 0 Å². The molecule has 1 aliphatic rings. The summed E-state index contributed by atoms with van der Waals surface area (Å²) >= 11 is 0. The van der Waals surface area contributed by atoms with Gasteiger partial charge in [0, 0.05) is 49.7 Å². The Morgan fingerprint density at radius 3 is 2.78 bits per heavy atom. The number of aromatic nitrogens is 6. The molecule has 32 heavy (non-hydrogen) atoms. The molecule has 5 rings (SSSR count). The lowest BCUT2D eigenvalue weighted by atomic mass is 10.1. The Balaban J connectivity index is 1.38. The van der Waals surface area contributed by atoms with Crippen LogP contribution in [0.4, 0.5) is 11.6 Å². The first-order chi connectivity index (χ1) is 15.5. The maximum Gasteiger partial charge on any atom is 0.154 e. The maximum atomic E-state index is 6.28. The molecule has 1 saturated heterocycles. The minimum Gasteiger partial charge on any atom is -0.372 e.